The van der Waals surface area contributed by atoms with Crippen LogP contribution in [0.4, 0.5) is 11.4 Å². The number of primary sulfonamides is 1. The van der Waals surface area contributed by atoms with Gasteiger partial charge in [-0.15, -0.1) is 0 Å². The van der Waals surface area contributed by atoms with Gasteiger partial charge in [0.2, 0.25) is 10.0 Å². The molecule has 0 fully saturated rings. The Morgan fingerprint density at radius 2 is 1.86 bits per heavy atom. The van der Waals surface area contributed by atoms with Gasteiger partial charge in [-0.05, 0) is 48.9 Å². The van der Waals surface area contributed by atoms with E-state index in [2.05, 4.69) is 5.10 Å². The first-order valence-electron chi connectivity index (χ1n) is 7.80. The maximum atomic E-state index is 12.7. The largest absolute Gasteiger partial charge is 0.502 e. The van der Waals surface area contributed by atoms with Crippen LogP contribution < -0.4 is 10.1 Å². The van der Waals surface area contributed by atoms with Crippen LogP contribution in [0, 0.1) is 10.1 Å². The number of nitro groups is 1. The first-order chi connectivity index (χ1) is 13.1. The van der Waals surface area contributed by atoms with Crippen molar-refractivity contribution in [1.29, 1.82) is 0 Å². The smallest absolute Gasteiger partial charge is 0.311 e. The van der Waals surface area contributed by atoms with Crippen LogP contribution in [0.5, 0.6) is 5.75 Å². The lowest BCUT2D eigenvalue weighted by Gasteiger charge is -2.12. The van der Waals surface area contributed by atoms with Gasteiger partial charge in [0, 0.05) is 6.07 Å². The molecule has 0 saturated heterocycles. The second-order valence-electron chi connectivity index (χ2n) is 5.90. The number of hydrazone groups is 1. The molecule has 2 aromatic carbocycles. The zero-order valence-electron chi connectivity index (χ0n) is 14.4. The van der Waals surface area contributed by atoms with Gasteiger partial charge in [0.05, 0.1) is 26.8 Å². The normalized spacial score (nSPS) is 15.8. The number of nitro benzene ring substituents is 1. The number of phenolic OH excluding ortho intramolecular Hbond substituents is 1. The SMILES string of the molecule is CC1=NN(c2ccc(S(N)(=O)=O)cc2)C(=O)/C1=C/c1ccc(O)c([N+](=O)[O-])c1. The van der Waals surface area contributed by atoms with Crippen molar-refractivity contribution in [2.75, 3.05) is 5.01 Å². The molecule has 10 nitrogen and oxygen atoms in total. The average Bonchev–Trinajstić information content (AvgIpc) is 2.90. The number of sulfonamides is 1. The molecular weight excluding hydrogens is 388 g/mol. The van der Waals surface area contributed by atoms with Gasteiger partial charge in [0.25, 0.3) is 5.91 Å². The molecule has 0 saturated carbocycles. The molecule has 2 aromatic rings. The van der Waals surface area contributed by atoms with Gasteiger partial charge in [-0.25, -0.2) is 13.6 Å². The van der Waals surface area contributed by atoms with Gasteiger partial charge in [0.1, 0.15) is 0 Å². The van der Waals surface area contributed by atoms with Crippen molar-refractivity contribution in [3.05, 3.63) is 63.7 Å². The molecule has 28 heavy (non-hydrogen) atoms. The molecule has 0 spiro atoms. The van der Waals surface area contributed by atoms with Gasteiger partial charge >= 0.3 is 5.69 Å². The predicted molar refractivity (Wildman–Crippen MR) is 101 cm³/mol. The maximum absolute atomic E-state index is 12.7. The highest BCUT2D eigenvalue weighted by molar-refractivity contribution is 7.89. The van der Waals surface area contributed by atoms with Gasteiger partial charge in [-0.2, -0.15) is 10.1 Å². The molecule has 144 valence electrons. The average molecular weight is 402 g/mol. The summed E-state index contributed by atoms with van der Waals surface area (Å²) < 4.78 is 22.7. The van der Waals surface area contributed by atoms with Crippen LogP contribution in [0.15, 0.2) is 58.0 Å². The van der Waals surface area contributed by atoms with Crippen LogP contribution >= 0.6 is 0 Å². The van der Waals surface area contributed by atoms with E-state index in [1.165, 1.54) is 42.5 Å². The third-order valence-corrected chi connectivity index (χ3v) is 4.91. The van der Waals surface area contributed by atoms with E-state index in [4.69, 9.17) is 5.14 Å². The van der Waals surface area contributed by atoms with E-state index in [0.717, 1.165) is 11.1 Å². The number of rotatable bonds is 4. The summed E-state index contributed by atoms with van der Waals surface area (Å²) in [6, 6.07) is 9.04. The Morgan fingerprint density at radius 3 is 2.43 bits per heavy atom. The Kier molecular flexibility index (Phi) is 4.71. The summed E-state index contributed by atoms with van der Waals surface area (Å²) in [6.45, 7) is 1.59. The van der Waals surface area contributed by atoms with Crippen molar-refractivity contribution < 1.29 is 23.2 Å². The summed E-state index contributed by atoms with van der Waals surface area (Å²) >= 11 is 0. The minimum absolute atomic E-state index is 0.101. The molecule has 1 aliphatic heterocycles. The third kappa shape index (κ3) is 3.61. The second-order valence-corrected chi connectivity index (χ2v) is 7.47. The summed E-state index contributed by atoms with van der Waals surface area (Å²) in [4.78, 5) is 22.8. The Bertz CT molecular complexity index is 1150. The summed E-state index contributed by atoms with van der Waals surface area (Å²) in [7, 11) is -3.86. The summed E-state index contributed by atoms with van der Waals surface area (Å²) in [5, 5.41) is 30.8. The van der Waals surface area contributed by atoms with Crippen molar-refractivity contribution >= 4 is 39.1 Å². The molecule has 1 heterocycles. The topological polar surface area (TPSA) is 156 Å². The molecule has 0 aromatic heterocycles. The van der Waals surface area contributed by atoms with E-state index in [1.807, 2.05) is 0 Å². The molecular formula is C17H14N4O6S. The van der Waals surface area contributed by atoms with Crippen LogP contribution in [-0.2, 0) is 14.8 Å². The summed E-state index contributed by atoms with van der Waals surface area (Å²) in [6.07, 6.45) is 1.42. The Labute approximate surface area is 159 Å². The number of hydrogen-bond acceptors (Lipinski definition) is 7. The van der Waals surface area contributed by atoms with Crippen molar-refractivity contribution in [3.8, 4) is 5.75 Å². The summed E-state index contributed by atoms with van der Waals surface area (Å²) in [5.74, 6) is -0.969. The first-order valence-corrected chi connectivity index (χ1v) is 9.34. The number of amides is 1. The molecule has 0 aliphatic carbocycles. The number of nitrogens with zero attached hydrogens (tertiary/aromatic N) is 3. The molecule has 1 aliphatic rings. The van der Waals surface area contributed by atoms with Crippen LogP contribution in [0.1, 0.15) is 12.5 Å². The minimum atomic E-state index is -3.86. The fourth-order valence-corrected chi connectivity index (χ4v) is 3.09. The number of phenols is 1. The molecule has 3 N–H and O–H groups in total. The lowest BCUT2D eigenvalue weighted by atomic mass is 10.1. The van der Waals surface area contributed by atoms with E-state index in [9.17, 15) is 28.4 Å². The van der Waals surface area contributed by atoms with Crippen molar-refractivity contribution in [2.24, 2.45) is 10.2 Å². The molecule has 1 amide bonds. The van der Waals surface area contributed by atoms with Crippen LogP contribution in [0.2, 0.25) is 0 Å². The second kappa shape index (κ2) is 6.87. The van der Waals surface area contributed by atoms with Crippen molar-refractivity contribution in [3.63, 3.8) is 0 Å². The van der Waals surface area contributed by atoms with E-state index in [-0.39, 0.29) is 10.5 Å². The number of nitrogens with two attached hydrogens (primary N) is 1. The number of aromatic hydroxyl groups is 1. The van der Waals surface area contributed by atoms with Gasteiger partial charge in [-0.3, -0.25) is 14.9 Å². The lowest BCUT2D eigenvalue weighted by Crippen LogP contribution is -2.21. The highest BCUT2D eigenvalue weighted by Crippen LogP contribution is 2.29. The Morgan fingerprint density at radius 1 is 1.21 bits per heavy atom. The molecule has 0 bridgehead atoms. The molecule has 11 heteroatoms. The van der Waals surface area contributed by atoms with Crippen LogP contribution in [-0.4, -0.2) is 30.1 Å². The van der Waals surface area contributed by atoms with Crippen molar-refractivity contribution in [1.82, 2.24) is 0 Å². The maximum Gasteiger partial charge on any atom is 0.311 e. The van der Waals surface area contributed by atoms with Crippen molar-refractivity contribution in [2.45, 2.75) is 11.8 Å². The predicted octanol–water partition coefficient (Wildman–Crippen LogP) is 1.75. The number of benzene rings is 2. The Balaban J connectivity index is 1.94. The van der Waals surface area contributed by atoms with E-state index in [1.54, 1.807) is 6.92 Å². The number of hydrogen-bond donors (Lipinski definition) is 2. The Hall–Kier alpha value is -3.57. The number of anilines is 1. The van der Waals surface area contributed by atoms with Gasteiger partial charge in [-0.1, -0.05) is 6.07 Å². The highest BCUT2D eigenvalue weighted by atomic mass is 32.2. The highest BCUT2D eigenvalue weighted by Gasteiger charge is 2.29. The van der Waals surface area contributed by atoms with E-state index < -0.39 is 32.3 Å². The first kappa shape index (κ1) is 19.2. The number of carbonyl (C=O) groups excluding carboxylic acids is 1. The van der Waals surface area contributed by atoms with Gasteiger partial charge < -0.3 is 5.11 Å². The third-order valence-electron chi connectivity index (χ3n) is 3.98. The minimum Gasteiger partial charge on any atom is -0.502 e. The molecule has 0 unspecified atom stereocenters. The summed E-state index contributed by atoms with van der Waals surface area (Å²) in [5.41, 5.74) is 0.766. The van der Waals surface area contributed by atoms with Crippen LogP contribution in [0.25, 0.3) is 6.08 Å². The number of carbonyl (C=O) groups is 1. The molecule has 0 atom stereocenters. The fourth-order valence-electron chi connectivity index (χ4n) is 2.58. The monoisotopic (exact) mass is 402 g/mol. The lowest BCUT2D eigenvalue weighted by molar-refractivity contribution is -0.385. The quantitative estimate of drug-likeness (QED) is 0.451. The van der Waals surface area contributed by atoms with E-state index >= 15 is 0 Å². The van der Waals surface area contributed by atoms with E-state index in [0.29, 0.717) is 17.0 Å². The van der Waals surface area contributed by atoms with Gasteiger partial charge in [0.15, 0.2) is 5.75 Å². The molecule has 3 rings (SSSR count). The zero-order valence-corrected chi connectivity index (χ0v) is 15.3. The fraction of sp³-hybridized carbons (Fsp3) is 0.0588. The molecule has 0 radical (unpaired) electrons. The standard InChI is InChI=1S/C17H14N4O6S/c1-10-14(8-11-2-7-16(22)15(9-11)21(24)25)17(23)20(19-10)12-3-5-13(6-4-12)28(18,26)27/h2-9,22H,1H3,(H2,18,26,27)/b14-8+. The van der Waals surface area contributed by atoms with Crippen LogP contribution in [0.3, 0.4) is 0 Å². The zero-order chi connectivity index (χ0) is 20.6.